The lowest BCUT2D eigenvalue weighted by Crippen LogP contribution is -2.18. The maximum absolute atomic E-state index is 10.3. The molecule has 1 atom stereocenters. The van der Waals surface area contributed by atoms with Gasteiger partial charge in [0.15, 0.2) is 0 Å². The highest BCUT2D eigenvalue weighted by Crippen LogP contribution is 2.21. The fourth-order valence-corrected chi connectivity index (χ4v) is 1.69. The van der Waals surface area contributed by atoms with Gasteiger partial charge in [-0.1, -0.05) is 0 Å². The summed E-state index contributed by atoms with van der Waals surface area (Å²) < 4.78 is 7.31. The minimum absolute atomic E-state index is 0.000674. The zero-order valence-corrected chi connectivity index (χ0v) is 8.87. The molecular weight excluding hydrogens is 208 g/mol. The molecule has 16 heavy (non-hydrogen) atoms. The van der Waals surface area contributed by atoms with Gasteiger partial charge >= 0.3 is 5.97 Å². The number of nitrogens with zero attached hydrogens (tertiary/aromatic N) is 2. The summed E-state index contributed by atoms with van der Waals surface area (Å²) in [6.07, 6.45) is 7.58. The number of carbonyl (C=O) groups is 1. The van der Waals surface area contributed by atoms with E-state index in [2.05, 4.69) is 5.10 Å². The van der Waals surface area contributed by atoms with E-state index in [1.807, 2.05) is 6.20 Å². The first kappa shape index (κ1) is 10.9. The molecule has 5 nitrogen and oxygen atoms in total. The second-order valence-electron chi connectivity index (χ2n) is 3.71. The smallest absolute Gasteiger partial charge is 0.328 e. The van der Waals surface area contributed by atoms with Gasteiger partial charge in [-0.05, 0) is 31.4 Å². The molecule has 1 aliphatic heterocycles. The summed E-state index contributed by atoms with van der Waals surface area (Å²) >= 11 is 0. The van der Waals surface area contributed by atoms with E-state index in [0.29, 0.717) is 5.69 Å². The van der Waals surface area contributed by atoms with Crippen molar-refractivity contribution in [1.29, 1.82) is 0 Å². The van der Waals surface area contributed by atoms with Gasteiger partial charge in [0.25, 0.3) is 0 Å². The Labute approximate surface area is 93.3 Å². The molecule has 86 valence electrons. The molecule has 0 bridgehead atoms. The number of hydrogen-bond donors (Lipinski definition) is 1. The maximum atomic E-state index is 10.3. The maximum Gasteiger partial charge on any atom is 0.328 e. The van der Waals surface area contributed by atoms with Crippen LogP contribution >= 0.6 is 0 Å². The molecule has 1 aromatic rings. The van der Waals surface area contributed by atoms with E-state index < -0.39 is 5.97 Å². The molecule has 0 aliphatic carbocycles. The molecule has 2 rings (SSSR count). The van der Waals surface area contributed by atoms with Crippen LogP contribution in [0.3, 0.4) is 0 Å². The molecule has 2 heterocycles. The molecule has 0 amide bonds. The fourth-order valence-electron chi connectivity index (χ4n) is 1.69. The Morgan fingerprint density at radius 3 is 3.19 bits per heavy atom. The Kier molecular flexibility index (Phi) is 3.36. The highest BCUT2D eigenvalue weighted by Gasteiger charge is 2.15. The van der Waals surface area contributed by atoms with Gasteiger partial charge in [0, 0.05) is 18.9 Å². The standard InChI is InChI=1S/C11H14N2O3/c14-11(15)5-4-9-6-7-13(12-9)10-3-1-2-8-16-10/h4-7,10H,1-3,8H2,(H,14,15)/b5-4+. The highest BCUT2D eigenvalue weighted by atomic mass is 16.5. The molecule has 1 N–H and O–H groups in total. The number of aliphatic carboxylic acids is 1. The van der Waals surface area contributed by atoms with Crippen molar-refractivity contribution < 1.29 is 14.6 Å². The summed E-state index contributed by atoms with van der Waals surface area (Å²) in [5.74, 6) is -0.969. The Balaban J connectivity index is 2.03. The van der Waals surface area contributed by atoms with Crippen molar-refractivity contribution >= 4 is 12.0 Å². The van der Waals surface area contributed by atoms with Crippen LogP contribution in [-0.4, -0.2) is 27.5 Å². The third-order valence-corrected chi connectivity index (χ3v) is 2.48. The number of rotatable bonds is 3. The van der Waals surface area contributed by atoms with Gasteiger partial charge in [-0.15, -0.1) is 0 Å². The lowest BCUT2D eigenvalue weighted by molar-refractivity contribution is -0.131. The third kappa shape index (κ3) is 2.70. The van der Waals surface area contributed by atoms with Crippen LogP contribution < -0.4 is 0 Å². The lowest BCUT2D eigenvalue weighted by atomic mass is 10.2. The summed E-state index contributed by atoms with van der Waals surface area (Å²) in [5.41, 5.74) is 0.636. The second-order valence-corrected chi connectivity index (χ2v) is 3.71. The van der Waals surface area contributed by atoms with Crippen LogP contribution in [0.25, 0.3) is 6.08 Å². The Morgan fingerprint density at radius 1 is 1.62 bits per heavy atom. The first-order valence-electron chi connectivity index (χ1n) is 5.33. The third-order valence-electron chi connectivity index (χ3n) is 2.48. The van der Waals surface area contributed by atoms with Gasteiger partial charge in [-0.2, -0.15) is 5.10 Å². The van der Waals surface area contributed by atoms with Gasteiger partial charge in [0.1, 0.15) is 6.23 Å². The van der Waals surface area contributed by atoms with Gasteiger partial charge < -0.3 is 9.84 Å². The van der Waals surface area contributed by atoms with Crippen molar-refractivity contribution in [3.05, 3.63) is 24.0 Å². The number of hydrogen-bond acceptors (Lipinski definition) is 3. The topological polar surface area (TPSA) is 64.3 Å². The van der Waals surface area contributed by atoms with E-state index in [4.69, 9.17) is 9.84 Å². The van der Waals surface area contributed by atoms with E-state index in [1.165, 1.54) is 6.08 Å². The normalized spacial score (nSPS) is 21.4. The number of ether oxygens (including phenoxy) is 1. The summed E-state index contributed by atoms with van der Waals surface area (Å²) in [6, 6.07) is 1.78. The molecule has 1 unspecified atom stereocenters. The molecule has 0 aromatic carbocycles. The Hall–Kier alpha value is -1.62. The minimum Gasteiger partial charge on any atom is -0.478 e. The van der Waals surface area contributed by atoms with Crippen molar-refractivity contribution in [3.8, 4) is 0 Å². The van der Waals surface area contributed by atoms with Crippen LogP contribution in [0.4, 0.5) is 0 Å². The van der Waals surface area contributed by atoms with Crippen molar-refractivity contribution in [2.24, 2.45) is 0 Å². The summed E-state index contributed by atoms with van der Waals surface area (Å²) in [5, 5.41) is 12.7. The highest BCUT2D eigenvalue weighted by molar-refractivity contribution is 5.84. The van der Waals surface area contributed by atoms with E-state index in [0.717, 1.165) is 31.9 Å². The van der Waals surface area contributed by atoms with Gasteiger partial charge in [-0.25, -0.2) is 9.48 Å². The molecule has 1 fully saturated rings. The van der Waals surface area contributed by atoms with E-state index in [9.17, 15) is 4.79 Å². The summed E-state index contributed by atoms with van der Waals surface area (Å²) in [6.45, 7) is 0.769. The van der Waals surface area contributed by atoms with Crippen LogP contribution in [-0.2, 0) is 9.53 Å². The van der Waals surface area contributed by atoms with Gasteiger partial charge in [0.2, 0.25) is 0 Å². The zero-order valence-electron chi connectivity index (χ0n) is 8.87. The van der Waals surface area contributed by atoms with Gasteiger partial charge in [0.05, 0.1) is 5.69 Å². The van der Waals surface area contributed by atoms with Crippen LogP contribution in [0.5, 0.6) is 0 Å². The predicted molar refractivity (Wildman–Crippen MR) is 57.7 cm³/mol. The minimum atomic E-state index is -0.969. The summed E-state index contributed by atoms with van der Waals surface area (Å²) in [4.78, 5) is 10.3. The zero-order chi connectivity index (χ0) is 11.4. The van der Waals surface area contributed by atoms with Gasteiger partial charge in [-0.3, -0.25) is 0 Å². The van der Waals surface area contributed by atoms with Crippen LogP contribution in [0.15, 0.2) is 18.3 Å². The van der Waals surface area contributed by atoms with Crippen molar-refractivity contribution in [2.75, 3.05) is 6.61 Å². The van der Waals surface area contributed by atoms with Crippen molar-refractivity contribution in [3.63, 3.8) is 0 Å². The monoisotopic (exact) mass is 222 g/mol. The van der Waals surface area contributed by atoms with E-state index in [-0.39, 0.29) is 6.23 Å². The largest absolute Gasteiger partial charge is 0.478 e. The van der Waals surface area contributed by atoms with Crippen molar-refractivity contribution in [2.45, 2.75) is 25.5 Å². The average Bonchev–Trinajstić information content (AvgIpc) is 2.76. The Morgan fingerprint density at radius 2 is 2.50 bits per heavy atom. The first-order valence-corrected chi connectivity index (χ1v) is 5.33. The lowest BCUT2D eigenvalue weighted by Gasteiger charge is -2.22. The second kappa shape index (κ2) is 4.94. The molecule has 0 saturated carbocycles. The quantitative estimate of drug-likeness (QED) is 0.790. The number of aromatic nitrogens is 2. The molecule has 0 spiro atoms. The van der Waals surface area contributed by atoms with Crippen LogP contribution in [0, 0.1) is 0 Å². The van der Waals surface area contributed by atoms with Crippen molar-refractivity contribution in [1.82, 2.24) is 9.78 Å². The molecular formula is C11H14N2O3. The van der Waals surface area contributed by atoms with Crippen LogP contribution in [0.1, 0.15) is 31.2 Å². The number of carboxylic acids is 1. The van der Waals surface area contributed by atoms with E-state index in [1.54, 1.807) is 10.7 Å². The first-order chi connectivity index (χ1) is 7.75. The SMILES string of the molecule is O=C(O)/C=C/c1ccn(C2CCCCO2)n1. The number of carboxylic acid groups (broad SMARTS) is 1. The van der Waals surface area contributed by atoms with E-state index >= 15 is 0 Å². The molecule has 5 heteroatoms. The predicted octanol–water partition coefficient (Wildman–Crippen LogP) is 1.68. The molecule has 1 saturated heterocycles. The molecule has 1 aromatic heterocycles. The fraction of sp³-hybridized carbons (Fsp3) is 0.455. The summed E-state index contributed by atoms with van der Waals surface area (Å²) in [7, 11) is 0. The average molecular weight is 222 g/mol. The molecule has 1 aliphatic rings. The van der Waals surface area contributed by atoms with Crippen LogP contribution in [0.2, 0.25) is 0 Å². The Bertz CT molecular complexity index is 392. The molecule has 0 radical (unpaired) electrons.